The van der Waals surface area contributed by atoms with Gasteiger partial charge >= 0.3 is 0 Å². The highest BCUT2D eigenvalue weighted by atomic mass is 32.2. The van der Waals surface area contributed by atoms with Crippen LogP contribution in [0.4, 0.5) is 0 Å². The molecule has 1 fully saturated rings. The van der Waals surface area contributed by atoms with E-state index in [0.29, 0.717) is 13.2 Å². The van der Waals surface area contributed by atoms with E-state index in [1.807, 2.05) is 30.3 Å². The Morgan fingerprint density at radius 2 is 1.70 bits per heavy atom. The van der Waals surface area contributed by atoms with Crippen LogP contribution in [-0.4, -0.2) is 26.8 Å². The Bertz CT molecular complexity index is 457. The van der Waals surface area contributed by atoms with Gasteiger partial charge in [0.05, 0.1) is 5.25 Å². The van der Waals surface area contributed by atoms with E-state index in [0.717, 1.165) is 37.9 Å². The molecule has 0 radical (unpaired) electrons. The van der Waals surface area contributed by atoms with Crippen molar-refractivity contribution < 1.29 is 13.2 Å². The van der Waals surface area contributed by atoms with E-state index >= 15 is 0 Å². The summed E-state index contributed by atoms with van der Waals surface area (Å²) in [6.45, 7) is 1.15. The Labute approximate surface area is 121 Å². The molecule has 20 heavy (non-hydrogen) atoms. The van der Waals surface area contributed by atoms with Crippen LogP contribution in [0.25, 0.3) is 0 Å². The molecule has 0 aromatic heterocycles. The Kier molecular flexibility index (Phi) is 7.58. The Balaban J connectivity index is 0.000000200. The largest absolute Gasteiger partial charge is 0.492 e. The van der Waals surface area contributed by atoms with E-state index in [1.165, 1.54) is 0 Å². The minimum Gasteiger partial charge on any atom is -0.492 e. The van der Waals surface area contributed by atoms with Crippen molar-refractivity contribution in [1.82, 2.24) is 0 Å². The van der Waals surface area contributed by atoms with Gasteiger partial charge in [-0.05, 0) is 25.0 Å². The second-order valence-corrected chi connectivity index (χ2v) is 6.64. The summed E-state index contributed by atoms with van der Waals surface area (Å²) >= 11 is 0. The quantitative estimate of drug-likeness (QED) is 0.883. The van der Waals surface area contributed by atoms with Crippen molar-refractivity contribution in [2.45, 2.75) is 37.4 Å². The third-order valence-corrected chi connectivity index (χ3v) is 4.55. The SMILES string of the molecule is NCCOc1ccccc1.NS(=O)(=O)C1CCCCC1. The number of primary sulfonamides is 1. The molecular formula is C14H24N2O3S. The Hall–Kier alpha value is -1.11. The van der Waals surface area contributed by atoms with E-state index in [4.69, 9.17) is 15.6 Å². The van der Waals surface area contributed by atoms with Gasteiger partial charge in [0.2, 0.25) is 10.0 Å². The first kappa shape index (κ1) is 16.9. The Morgan fingerprint density at radius 1 is 1.10 bits per heavy atom. The van der Waals surface area contributed by atoms with Crippen molar-refractivity contribution in [2.75, 3.05) is 13.2 Å². The summed E-state index contributed by atoms with van der Waals surface area (Å²) in [7, 11) is -3.23. The number of hydrogen-bond donors (Lipinski definition) is 2. The van der Waals surface area contributed by atoms with Gasteiger partial charge in [-0.15, -0.1) is 0 Å². The van der Waals surface area contributed by atoms with Crippen molar-refractivity contribution in [1.29, 1.82) is 0 Å². The average Bonchev–Trinajstić information content (AvgIpc) is 2.47. The molecule has 114 valence electrons. The maximum absolute atomic E-state index is 10.8. The zero-order valence-corrected chi connectivity index (χ0v) is 12.5. The fraction of sp³-hybridized carbons (Fsp3) is 0.571. The third-order valence-electron chi connectivity index (χ3n) is 3.15. The van der Waals surface area contributed by atoms with E-state index < -0.39 is 10.0 Å². The van der Waals surface area contributed by atoms with Crippen molar-refractivity contribution in [3.63, 3.8) is 0 Å². The van der Waals surface area contributed by atoms with Gasteiger partial charge in [0.1, 0.15) is 12.4 Å². The van der Waals surface area contributed by atoms with Gasteiger partial charge in [-0.2, -0.15) is 0 Å². The van der Waals surface area contributed by atoms with Crippen LogP contribution in [-0.2, 0) is 10.0 Å². The lowest BCUT2D eigenvalue weighted by molar-refractivity contribution is 0.328. The molecule has 0 heterocycles. The molecule has 5 nitrogen and oxygen atoms in total. The molecule has 0 bridgehead atoms. The van der Waals surface area contributed by atoms with Crippen molar-refractivity contribution in [2.24, 2.45) is 10.9 Å². The van der Waals surface area contributed by atoms with Crippen LogP contribution in [0.2, 0.25) is 0 Å². The first-order valence-electron chi connectivity index (χ1n) is 6.93. The first-order valence-corrected chi connectivity index (χ1v) is 8.54. The molecule has 1 aromatic carbocycles. The van der Waals surface area contributed by atoms with Gasteiger partial charge in [-0.25, -0.2) is 13.6 Å². The minimum atomic E-state index is -3.23. The summed E-state index contributed by atoms with van der Waals surface area (Å²) in [4.78, 5) is 0. The summed E-state index contributed by atoms with van der Waals surface area (Å²) in [6.07, 6.45) is 4.71. The lowest BCUT2D eigenvalue weighted by Crippen LogP contribution is -2.30. The topological polar surface area (TPSA) is 95.4 Å². The molecule has 0 amide bonds. The molecule has 4 N–H and O–H groups in total. The Morgan fingerprint density at radius 3 is 2.15 bits per heavy atom. The molecule has 0 unspecified atom stereocenters. The van der Waals surface area contributed by atoms with Gasteiger partial charge in [0.15, 0.2) is 0 Å². The van der Waals surface area contributed by atoms with Crippen molar-refractivity contribution >= 4 is 10.0 Å². The summed E-state index contributed by atoms with van der Waals surface area (Å²) in [5, 5.41) is 4.73. The molecule has 0 atom stereocenters. The molecule has 0 aliphatic heterocycles. The van der Waals surface area contributed by atoms with Crippen LogP contribution in [0.1, 0.15) is 32.1 Å². The summed E-state index contributed by atoms with van der Waals surface area (Å²) < 4.78 is 26.8. The predicted octanol–water partition coefficient (Wildman–Crippen LogP) is 1.63. The van der Waals surface area contributed by atoms with Crippen molar-refractivity contribution in [3.8, 4) is 5.75 Å². The van der Waals surface area contributed by atoms with Crippen LogP contribution < -0.4 is 15.6 Å². The zero-order valence-electron chi connectivity index (χ0n) is 11.7. The molecule has 0 spiro atoms. The molecule has 1 aliphatic rings. The van der Waals surface area contributed by atoms with Crippen LogP contribution in [0.15, 0.2) is 30.3 Å². The number of rotatable bonds is 4. The number of ether oxygens (including phenoxy) is 1. The van der Waals surface area contributed by atoms with Gasteiger partial charge < -0.3 is 10.5 Å². The summed E-state index contributed by atoms with van der Waals surface area (Å²) in [5.74, 6) is 0.882. The number of hydrogen-bond acceptors (Lipinski definition) is 4. The molecule has 0 saturated heterocycles. The summed E-state index contributed by atoms with van der Waals surface area (Å²) in [6, 6.07) is 9.65. The fourth-order valence-corrected chi connectivity index (χ4v) is 3.08. The van der Waals surface area contributed by atoms with E-state index in [1.54, 1.807) is 0 Å². The number of nitrogens with two attached hydrogens (primary N) is 2. The maximum atomic E-state index is 10.8. The molecule has 1 aromatic rings. The van der Waals surface area contributed by atoms with E-state index in [-0.39, 0.29) is 5.25 Å². The predicted molar refractivity (Wildman–Crippen MR) is 81.0 cm³/mol. The first-order chi connectivity index (χ1) is 9.54. The monoisotopic (exact) mass is 300 g/mol. The molecule has 1 saturated carbocycles. The summed E-state index contributed by atoms with van der Waals surface area (Å²) in [5.41, 5.74) is 5.25. The van der Waals surface area contributed by atoms with E-state index in [2.05, 4.69) is 0 Å². The van der Waals surface area contributed by atoms with Crippen LogP contribution in [0.3, 0.4) is 0 Å². The highest BCUT2D eigenvalue weighted by Gasteiger charge is 2.22. The van der Waals surface area contributed by atoms with Crippen molar-refractivity contribution in [3.05, 3.63) is 30.3 Å². The smallest absolute Gasteiger partial charge is 0.211 e. The number of sulfonamides is 1. The average molecular weight is 300 g/mol. The number of benzene rings is 1. The maximum Gasteiger partial charge on any atom is 0.211 e. The number of para-hydroxylation sites is 1. The molecule has 2 rings (SSSR count). The third kappa shape index (κ3) is 6.88. The van der Waals surface area contributed by atoms with Gasteiger partial charge in [-0.1, -0.05) is 37.5 Å². The minimum absolute atomic E-state index is 0.249. The highest BCUT2D eigenvalue weighted by Crippen LogP contribution is 2.21. The normalized spacial score (nSPS) is 16.1. The van der Waals surface area contributed by atoms with Crippen LogP contribution >= 0.6 is 0 Å². The van der Waals surface area contributed by atoms with Crippen LogP contribution in [0.5, 0.6) is 5.75 Å². The lowest BCUT2D eigenvalue weighted by Gasteiger charge is -2.18. The van der Waals surface area contributed by atoms with E-state index in [9.17, 15) is 8.42 Å². The van der Waals surface area contributed by atoms with Gasteiger partial charge in [0, 0.05) is 6.54 Å². The molecular weight excluding hydrogens is 276 g/mol. The van der Waals surface area contributed by atoms with Crippen LogP contribution in [0, 0.1) is 0 Å². The molecule has 6 heteroatoms. The second-order valence-electron chi connectivity index (χ2n) is 4.80. The highest BCUT2D eigenvalue weighted by molar-refractivity contribution is 7.89. The van der Waals surface area contributed by atoms with Gasteiger partial charge in [0.25, 0.3) is 0 Å². The second kappa shape index (κ2) is 8.94. The fourth-order valence-electron chi connectivity index (χ4n) is 2.09. The molecule has 1 aliphatic carbocycles. The standard InChI is InChI=1S/C8H11NO.C6H13NO2S/c9-6-7-10-8-4-2-1-3-5-8;7-10(8,9)6-4-2-1-3-5-6/h1-5H,6-7,9H2;6H,1-5H2,(H2,7,8,9). The zero-order chi connectivity index (χ0) is 14.8. The van der Waals surface area contributed by atoms with Gasteiger partial charge in [-0.3, -0.25) is 0 Å². The lowest BCUT2D eigenvalue weighted by atomic mass is 10.0.